The summed E-state index contributed by atoms with van der Waals surface area (Å²) in [6.07, 6.45) is 14.5. The molecule has 1 saturated heterocycles. The van der Waals surface area contributed by atoms with Crippen LogP contribution in [-0.2, 0) is 6.54 Å². The molecule has 154 valence electrons. The second kappa shape index (κ2) is 11.4. The predicted molar refractivity (Wildman–Crippen MR) is 118 cm³/mol. The minimum atomic E-state index is 0.488. The number of nitrogens with zero attached hydrogens (tertiary/aromatic N) is 2. The average Bonchev–Trinajstić information content (AvgIpc) is 2.96. The van der Waals surface area contributed by atoms with Crippen molar-refractivity contribution in [3.05, 3.63) is 36.0 Å². The maximum absolute atomic E-state index is 5.42. The third-order valence-corrected chi connectivity index (χ3v) is 5.98. The van der Waals surface area contributed by atoms with Crippen molar-refractivity contribution in [1.82, 2.24) is 15.2 Å². The monoisotopic (exact) mass is 383 g/mol. The Bertz CT molecular complexity index is 718. The fourth-order valence-electron chi connectivity index (χ4n) is 4.28. The lowest BCUT2D eigenvalue weighted by Crippen LogP contribution is -2.45. The number of fused-ring (bicyclic) bond motifs is 1. The largest absolute Gasteiger partial charge is 0.497 e. The normalized spacial score (nSPS) is 18.3. The van der Waals surface area contributed by atoms with Gasteiger partial charge in [-0.25, -0.2) is 0 Å². The standard InChI is InChI=1S/C24H37N3O/c1-3-4-5-6-9-16-27-17-10-7-8-11-24(27)26-19-20-14-15-25-23-13-12-21(28-2)18-22(20)23/h12-15,18,24,26H,3-11,16-17,19H2,1-2H3. The highest BCUT2D eigenvalue weighted by atomic mass is 16.5. The summed E-state index contributed by atoms with van der Waals surface area (Å²) in [4.78, 5) is 7.21. The van der Waals surface area contributed by atoms with Gasteiger partial charge in [-0.05, 0) is 62.2 Å². The van der Waals surface area contributed by atoms with Gasteiger partial charge in [0, 0.05) is 18.1 Å². The van der Waals surface area contributed by atoms with Gasteiger partial charge in [0.05, 0.1) is 18.8 Å². The van der Waals surface area contributed by atoms with E-state index in [9.17, 15) is 0 Å². The number of hydrogen-bond donors (Lipinski definition) is 1. The number of nitrogens with one attached hydrogen (secondary N) is 1. The van der Waals surface area contributed by atoms with Crippen LogP contribution in [0.4, 0.5) is 0 Å². The highest BCUT2D eigenvalue weighted by Crippen LogP contribution is 2.23. The van der Waals surface area contributed by atoms with Crippen LogP contribution >= 0.6 is 0 Å². The lowest BCUT2D eigenvalue weighted by atomic mass is 10.1. The summed E-state index contributed by atoms with van der Waals surface area (Å²) in [5.74, 6) is 0.893. The van der Waals surface area contributed by atoms with Crippen molar-refractivity contribution in [1.29, 1.82) is 0 Å². The summed E-state index contributed by atoms with van der Waals surface area (Å²) in [7, 11) is 1.72. The molecule has 1 aromatic carbocycles. The van der Waals surface area contributed by atoms with Crippen LogP contribution in [0.25, 0.3) is 10.9 Å². The van der Waals surface area contributed by atoms with Gasteiger partial charge >= 0.3 is 0 Å². The van der Waals surface area contributed by atoms with Crippen LogP contribution in [0, 0.1) is 0 Å². The Balaban J connectivity index is 1.62. The number of rotatable bonds is 10. The van der Waals surface area contributed by atoms with Gasteiger partial charge in [-0.3, -0.25) is 15.2 Å². The van der Waals surface area contributed by atoms with Crippen LogP contribution in [0.3, 0.4) is 0 Å². The van der Waals surface area contributed by atoms with Gasteiger partial charge in [-0.2, -0.15) is 0 Å². The summed E-state index contributed by atoms with van der Waals surface area (Å²) in [5.41, 5.74) is 2.34. The number of unbranched alkanes of at least 4 members (excludes halogenated alkanes) is 4. The number of hydrogen-bond acceptors (Lipinski definition) is 4. The smallest absolute Gasteiger partial charge is 0.119 e. The average molecular weight is 384 g/mol. The molecule has 1 fully saturated rings. The maximum atomic E-state index is 5.42. The highest BCUT2D eigenvalue weighted by molar-refractivity contribution is 5.83. The Morgan fingerprint density at radius 3 is 2.86 bits per heavy atom. The zero-order chi connectivity index (χ0) is 19.6. The molecular weight excluding hydrogens is 346 g/mol. The predicted octanol–water partition coefficient (Wildman–Crippen LogP) is 5.51. The molecule has 1 N–H and O–H groups in total. The van der Waals surface area contributed by atoms with E-state index in [-0.39, 0.29) is 0 Å². The van der Waals surface area contributed by atoms with Crippen molar-refractivity contribution in [2.75, 3.05) is 20.2 Å². The molecule has 28 heavy (non-hydrogen) atoms. The molecule has 0 aliphatic carbocycles. The molecule has 4 heteroatoms. The summed E-state index contributed by atoms with van der Waals surface area (Å²) < 4.78 is 5.42. The first-order chi connectivity index (χ1) is 13.8. The van der Waals surface area contributed by atoms with E-state index >= 15 is 0 Å². The molecule has 2 heterocycles. The highest BCUT2D eigenvalue weighted by Gasteiger charge is 2.20. The summed E-state index contributed by atoms with van der Waals surface area (Å²) in [6, 6.07) is 8.28. The van der Waals surface area contributed by atoms with Crippen molar-refractivity contribution in [2.45, 2.75) is 77.4 Å². The van der Waals surface area contributed by atoms with Gasteiger partial charge in [0.1, 0.15) is 5.75 Å². The minimum absolute atomic E-state index is 0.488. The first kappa shape index (κ1) is 21.1. The molecule has 1 unspecified atom stereocenters. The second-order valence-corrected chi connectivity index (χ2v) is 8.05. The van der Waals surface area contributed by atoms with E-state index in [1.54, 1.807) is 7.11 Å². The minimum Gasteiger partial charge on any atom is -0.497 e. The molecule has 3 rings (SSSR count). The third kappa shape index (κ3) is 5.92. The number of likely N-dealkylation sites (tertiary alicyclic amines) is 1. The van der Waals surface area contributed by atoms with Gasteiger partial charge in [0.25, 0.3) is 0 Å². The Morgan fingerprint density at radius 1 is 1.11 bits per heavy atom. The SMILES string of the molecule is CCCCCCCN1CCCCCC1NCc1ccnc2ccc(OC)cc12. The summed E-state index contributed by atoms with van der Waals surface area (Å²) >= 11 is 0. The summed E-state index contributed by atoms with van der Waals surface area (Å²) in [5, 5.41) is 5.06. The maximum Gasteiger partial charge on any atom is 0.119 e. The van der Waals surface area contributed by atoms with Crippen LogP contribution in [-0.4, -0.2) is 36.2 Å². The van der Waals surface area contributed by atoms with E-state index in [0.29, 0.717) is 6.17 Å². The first-order valence-electron chi connectivity index (χ1n) is 11.2. The lowest BCUT2D eigenvalue weighted by Gasteiger charge is -2.31. The van der Waals surface area contributed by atoms with Crippen LogP contribution in [0.15, 0.2) is 30.5 Å². The topological polar surface area (TPSA) is 37.4 Å². The first-order valence-corrected chi connectivity index (χ1v) is 11.2. The zero-order valence-corrected chi connectivity index (χ0v) is 17.8. The van der Waals surface area contributed by atoms with E-state index in [4.69, 9.17) is 4.74 Å². The number of benzene rings is 1. The molecule has 0 bridgehead atoms. The fraction of sp³-hybridized carbons (Fsp3) is 0.625. The van der Waals surface area contributed by atoms with E-state index in [1.807, 2.05) is 18.3 Å². The van der Waals surface area contributed by atoms with Crippen LogP contribution in [0.2, 0.25) is 0 Å². The Morgan fingerprint density at radius 2 is 2.00 bits per heavy atom. The molecule has 1 aliphatic rings. The molecule has 0 radical (unpaired) electrons. The molecule has 0 spiro atoms. The van der Waals surface area contributed by atoms with Gasteiger partial charge in [0.15, 0.2) is 0 Å². The van der Waals surface area contributed by atoms with Crippen molar-refractivity contribution in [2.24, 2.45) is 0 Å². The number of methoxy groups -OCH3 is 1. The quantitative estimate of drug-likeness (QED) is 0.549. The molecule has 4 nitrogen and oxygen atoms in total. The molecular formula is C24H37N3O. The Kier molecular flexibility index (Phi) is 8.56. The van der Waals surface area contributed by atoms with Gasteiger partial charge in [-0.15, -0.1) is 0 Å². The second-order valence-electron chi connectivity index (χ2n) is 8.05. The van der Waals surface area contributed by atoms with Crippen LogP contribution in [0.5, 0.6) is 5.75 Å². The van der Waals surface area contributed by atoms with Crippen molar-refractivity contribution in [3.8, 4) is 5.75 Å². The molecule has 1 atom stereocenters. The Labute approximate surface area is 170 Å². The van der Waals surface area contributed by atoms with E-state index < -0.39 is 0 Å². The third-order valence-electron chi connectivity index (χ3n) is 5.98. The number of pyridine rings is 1. The Hall–Kier alpha value is -1.65. The van der Waals surface area contributed by atoms with E-state index in [2.05, 4.69) is 34.3 Å². The molecule has 1 aromatic heterocycles. The van der Waals surface area contributed by atoms with Crippen molar-refractivity contribution < 1.29 is 4.74 Å². The number of aromatic nitrogens is 1. The van der Waals surface area contributed by atoms with Crippen LogP contribution < -0.4 is 10.1 Å². The molecule has 2 aromatic rings. The van der Waals surface area contributed by atoms with Crippen molar-refractivity contribution >= 4 is 10.9 Å². The molecule has 1 aliphatic heterocycles. The zero-order valence-electron chi connectivity index (χ0n) is 17.8. The molecule has 0 amide bonds. The van der Waals surface area contributed by atoms with Gasteiger partial charge in [0.2, 0.25) is 0 Å². The van der Waals surface area contributed by atoms with Crippen molar-refractivity contribution in [3.63, 3.8) is 0 Å². The van der Waals surface area contributed by atoms with E-state index in [0.717, 1.165) is 17.8 Å². The summed E-state index contributed by atoms with van der Waals surface area (Å²) in [6.45, 7) is 5.62. The fourth-order valence-corrected chi connectivity index (χ4v) is 4.28. The number of ether oxygens (including phenoxy) is 1. The van der Waals surface area contributed by atoms with Gasteiger partial charge in [-0.1, -0.05) is 45.4 Å². The lowest BCUT2D eigenvalue weighted by molar-refractivity contribution is 0.162. The van der Waals surface area contributed by atoms with Crippen LogP contribution in [0.1, 0.15) is 70.3 Å². The molecule has 0 saturated carbocycles. The van der Waals surface area contributed by atoms with Gasteiger partial charge < -0.3 is 4.74 Å². The van der Waals surface area contributed by atoms with E-state index in [1.165, 1.54) is 81.8 Å².